The number of hydrogen-bond donors (Lipinski definition) is 2. The molecule has 7 nitrogen and oxygen atoms in total. The number of carbonyl (C=O) groups excluding carboxylic acids is 2. The number of benzene rings is 1. The molecule has 4 aliphatic rings. The Hall–Kier alpha value is -1.96. The average Bonchev–Trinajstić information content (AvgIpc) is 3.01. The Kier molecular flexibility index (Phi) is 10.3. The van der Waals surface area contributed by atoms with Crippen LogP contribution in [-0.4, -0.2) is 98.0 Å². The first kappa shape index (κ1) is 28.6. The molecule has 0 aromatic heterocycles. The van der Waals surface area contributed by atoms with Crippen LogP contribution in [0, 0.1) is 11.8 Å². The Bertz CT molecular complexity index is 926. The van der Waals surface area contributed by atoms with Crippen molar-refractivity contribution in [3.63, 3.8) is 0 Å². The summed E-state index contributed by atoms with van der Waals surface area (Å²) < 4.78 is 0. The van der Waals surface area contributed by atoms with Crippen LogP contribution in [0.2, 0.25) is 0 Å². The number of rotatable bonds is 8. The first-order chi connectivity index (χ1) is 19.1. The molecule has 216 valence electrons. The second-order valence-electron chi connectivity index (χ2n) is 12.5. The smallest absolute Gasteiger partial charge is 0.251 e. The lowest BCUT2D eigenvalue weighted by Crippen LogP contribution is -2.57. The highest BCUT2D eigenvalue weighted by Crippen LogP contribution is 2.29. The van der Waals surface area contributed by atoms with Gasteiger partial charge in [-0.2, -0.15) is 0 Å². The highest BCUT2D eigenvalue weighted by Gasteiger charge is 2.35. The van der Waals surface area contributed by atoms with Crippen LogP contribution in [0.15, 0.2) is 24.3 Å². The van der Waals surface area contributed by atoms with Gasteiger partial charge in [-0.3, -0.25) is 14.5 Å². The summed E-state index contributed by atoms with van der Waals surface area (Å²) in [5, 5.41) is 6.74. The molecule has 2 atom stereocenters. The zero-order valence-electron chi connectivity index (χ0n) is 24.2. The average molecular weight is 538 g/mol. The fraction of sp³-hybridized carbons (Fsp3) is 0.750. The van der Waals surface area contributed by atoms with Gasteiger partial charge in [0.2, 0.25) is 5.91 Å². The molecule has 3 saturated heterocycles. The first-order valence-corrected chi connectivity index (χ1v) is 16.0. The highest BCUT2D eigenvalue weighted by molar-refractivity contribution is 5.97. The third-order valence-corrected chi connectivity index (χ3v) is 9.95. The number of piperidine rings is 2. The van der Waals surface area contributed by atoms with Crippen LogP contribution >= 0.6 is 0 Å². The minimum absolute atomic E-state index is 0.0957. The summed E-state index contributed by atoms with van der Waals surface area (Å²) in [5.74, 6) is 1.52. The molecule has 0 spiro atoms. The normalized spacial score (nSPS) is 25.4. The molecule has 5 rings (SSSR count). The molecule has 0 bridgehead atoms. The minimum Gasteiger partial charge on any atom is -0.340 e. The SMILES string of the molecule is CCN1CCC(CN2CCN(C(=O)C(NC(=O)c3cccc(C4CCCNC4)c3)C3CCCCC3)CC2)CC1. The van der Waals surface area contributed by atoms with Crippen LogP contribution in [0.5, 0.6) is 0 Å². The van der Waals surface area contributed by atoms with Crippen molar-refractivity contribution < 1.29 is 9.59 Å². The summed E-state index contributed by atoms with van der Waals surface area (Å²) in [6.07, 6.45) is 10.5. The number of nitrogens with one attached hydrogen (secondary N) is 2. The minimum atomic E-state index is -0.414. The van der Waals surface area contributed by atoms with Gasteiger partial charge in [0.25, 0.3) is 5.91 Å². The monoisotopic (exact) mass is 537 g/mol. The Balaban J connectivity index is 1.19. The molecule has 1 aliphatic carbocycles. The van der Waals surface area contributed by atoms with Crippen LogP contribution < -0.4 is 10.6 Å². The van der Waals surface area contributed by atoms with E-state index >= 15 is 0 Å². The van der Waals surface area contributed by atoms with Crippen LogP contribution in [0.3, 0.4) is 0 Å². The van der Waals surface area contributed by atoms with E-state index in [1.165, 1.54) is 44.3 Å². The van der Waals surface area contributed by atoms with Crippen LogP contribution in [-0.2, 0) is 4.79 Å². The van der Waals surface area contributed by atoms with E-state index in [0.29, 0.717) is 11.5 Å². The molecule has 1 aromatic rings. The quantitative estimate of drug-likeness (QED) is 0.529. The first-order valence-electron chi connectivity index (χ1n) is 16.0. The van der Waals surface area contributed by atoms with Gasteiger partial charge in [0.15, 0.2) is 0 Å². The van der Waals surface area contributed by atoms with E-state index in [2.05, 4.69) is 39.5 Å². The Labute approximate surface area is 236 Å². The van der Waals surface area contributed by atoms with Crippen molar-refractivity contribution in [3.8, 4) is 0 Å². The zero-order valence-corrected chi connectivity index (χ0v) is 24.2. The lowest BCUT2D eigenvalue weighted by molar-refractivity contribution is -0.136. The summed E-state index contributed by atoms with van der Waals surface area (Å²) in [4.78, 5) is 34.6. The van der Waals surface area contributed by atoms with Gasteiger partial charge in [0.1, 0.15) is 6.04 Å². The van der Waals surface area contributed by atoms with Gasteiger partial charge in [-0.15, -0.1) is 0 Å². The topological polar surface area (TPSA) is 67.9 Å². The molecule has 7 heteroatoms. The van der Waals surface area contributed by atoms with Gasteiger partial charge >= 0.3 is 0 Å². The molecule has 1 saturated carbocycles. The number of likely N-dealkylation sites (tertiary alicyclic amines) is 1. The van der Waals surface area contributed by atoms with Gasteiger partial charge in [0, 0.05) is 44.8 Å². The van der Waals surface area contributed by atoms with Crippen molar-refractivity contribution in [3.05, 3.63) is 35.4 Å². The van der Waals surface area contributed by atoms with E-state index < -0.39 is 6.04 Å². The van der Waals surface area contributed by atoms with Crippen LogP contribution in [0.25, 0.3) is 0 Å². The Morgan fingerprint density at radius 2 is 1.69 bits per heavy atom. The van der Waals surface area contributed by atoms with Crippen molar-refractivity contribution >= 4 is 11.8 Å². The van der Waals surface area contributed by atoms with E-state index in [1.807, 2.05) is 17.0 Å². The zero-order chi connectivity index (χ0) is 27.0. The van der Waals surface area contributed by atoms with Crippen molar-refractivity contribution in [2.45, 2.75) is 76.7 Å². The van der Waals surface area contributed by atoms with Crippen LogP contribution in [0.4, 0.5) is 0 Å². The van der Waals surface area contributed by atoms with Crippen molar-refractivity contribution in [1.82, 2.24) is 25.3 Å². The number of carbonyl (C=O) groups is 2. The highest BCUT2D eigenvalue weighted by atomic mass is 16.2. The summed E-state index contributed by atoms with van der Waals surface area (Å²) in [6.45, 7) is 12.5. The summed E-state index contributed by atoms with van der Waals surface area (Å²) in [7, 11) is 0. The molecule has 3 aliphatic heterocycles. The van der Waals surface area contributed by atoms with E-state index in [9.17, 15) is 9.59 Å². The van der Waals surface area contributed by atoms with E-state index in [4.69, 9.17) is 0 Å². The summed E-state index contributed by atoms with van der Waals surface area (Å²) in [6, 6.07) is 7.69. The van der Waals surface area contributed by atoms with Gasteiger partial charge in [-0.1, -0.05) is 38.3 Å². The second kappa shape index (κ2) is 14.1. The van der Waals surface area contributed by atoms with Gasteiger partial charge in [0.05, 0.1) is 0 Å². The summed E-state index contributed by atoms with van der Waals surface area (Å²) >= 11 is 0. The lowest BCUT2D eigenvalue weighted by atomic mass is 9.83. The fourth-order valence-electron chi connectivity index (χ4n) is 7.34. The van der Waals surface area contributed by atoms with E-state index in [-0.39, 0.29) is 17.7 Å². The molecule has 39 heavy (non-hydrogen) atoms. The number of amides is 2. The second-order valence-corrected chi connectivity index (χ2v) is 12.5. The predicted octanol–water partition coefficient (Wildman–Crippen LogP) is 3.71. The van der Waals surface area contributed by atoms with Gasteiger partial charge in [-0.25, -0.2) is 0 Å². The molecular weight excluding hydrogens is 486 g/mol. The number of piperazine rings is 1. The van der Waals surface area contributed by atoms with Crippen molar-refractivity contribution in [2.75, 3.05) is 65.4 Å². The van der Waals surface area contributed by atoms with Crippen molar-refractivity contribution in [1.29, 1.82) is 0 Å². The summed E-state index contributed by atoms with van der Waals surface area (Å²) in [5.41, 5.74) is 1.91. The fourth-order valence-corrected chi connectivity index (χ4v) is 7.34. The van der Waals surface area contributed by atoms with Crippen molar-refractivity contribution in [2.24, 2.45) is 11.8 Å². The van der Waals surface area contributed by atoms with Gasteiger partial charge in [-0.05, 0) is 100 Å². The molecule has 2 N–H and O–H groups in total. The third-order valence-electron chi connectivity index (χ3n) is 9.95. The van der Waals surface area contributed by atoms with Crippen LogP contribution in [0.1, 0.15) is 86.6 Å². The lowest BCUT2D eigenvalue weighted by Gasteiger charge is -2.40. The Morgan fingerprint density at radius 3 is 2.38 bits per heavy atom. The van der Waals surface area contributed by atoms with E-state index in [0.717, 1.165) is 90.4 Å². The molecule has 3 heterocycles. The standard InChI is InChI=1S/C32H51N5O2/c1-2-35-16-13-25(14-17-35)24-36-18-20-37(21-19-36)32(39)30(26-8-4-3-5-9-26)34-31(38)28-11-6-10-27(22-28)29-12-7-15-33-23-29/h6,10-11,22,25-26,29-30,33H,2-5,7-9,12-21,23-24H2,1H3,(H,34,38). The molecule has 2 unspecified atom stereocenters. The molecular formula is C32H51N5O2. The molecule has 2 amide bonds. The molecule has 1 aromatic carbocycles. The maximum Gasteiger partial charge on any atom is 0.251 e. The van der Waals surface area contributed by atoms with Gasteiger partial charge < -0.3 is 20.4 Å². The maximum atomic E-state index is 13.9. The third kappa shape index (κ3) is 7.62. The molecule has 0 radical (unpaired) electrons. The Morgan fingerprint density at radius 1 is 0.923 bits per heavy atom. The maximum absolute atomic E-state index is 13.9. The van der Waals surface area contributed by atoms with E-state index in [1.54, 1.807) is 0 Å². The largest absolute Gasteiger partial charge is 0.340 e. The molecule has 4 fully saturated rings. The predicted molar refractivity (Wildman–Crippen MR) is 157 cm³/mol. The number of nitrogens with zero attached hydrogens (tertiary/aromatic N) is 3. The number of hydrogen-bond acceptors (Lipinski definition) is 5.